The molecular formula is C8H9N3S2. The van der Waals surface area contributed by atoms with Gasteiger partial charge in [-0.05, 0) is 38.2 Å². The molecule has 2 rings (SSSR count). The maximum absolute atomic E-state index is 4.98. The summed E-state index contributed by atoms with van der Waals surface area (Å²) in [4.78, 5) is 0. The van der Waals surface area contributed by atoms with Gasteiger partial charge in [-0.1, -0.05) is 11.3 Å². The summed E-state index contributed by atoms with van der Waals surface area (Å²) < 4.78 is 2.79. The first-order valence-corrected chi connectivity index (χ1v) is 5.12. The number of rotatable bonds is 1. The van der Waals surface area contributed by atoms with Crippen molar-refractivity contribution in [2.45, 2.75) is 13.8 Å². The molecule has 68 valence electrons. The van der Waals surface area contributed by atoms with Gasteiger partial charge in [-0.15, -0.1) is 5.10 Å². The van der Waals surface area contributed by atoms with Crippen molar-refractivity contribution < 1.29 is 0 Å². The van der Waals surface area contributed by atoms with Crippen molar-refractivity contribution in [2.75, 3.05) is 0 Å². The van der Waals surface area contributed by atoms with Crippen LogP contribution in [0.25, 0.3) is 5.13 Å². The maximum Gasteiger partial charge on any atom is 0.215 e. The Morgan fingerprint density at radius 3 is 2.46 bits per heavy atom. The zero-order valence-corrected chi connectivity index (χ0v) is 9.00. The fourth-order valence-corrected chi connectivity index (χ4v) is 2.28. The minimum absolute atomic E-state index is 0.711. The Morgan fingerprint density at radius 1 is 1.38 bits per heavy atom. The summed E-state index contributed by atoms with van der Waals surface area (Å²) in [5, 5.41) is 7.81. The van der Waals surface area contributed by atoms with Crippen LogP contribution in [-0.2, 0) is 0 Å². The second kappa shape index (κ2) is 3.08. The Bertz CT molecular complexity index is 458. The molecule has 0 aromatic carbocycles. The van der Waals surface area contributed by atoms with E-state index in [0.717, 1.165) is 5.13 Å². The summed E-state index contributed by atoms with van der Waals surface area (Å²) in [6, 6.07) is 4.14. The molecule has 0 aliphatic carbocycles. The zero-order chi connectivity index (χ0) is 9.42. The SMILES string of the molecule is Cc1ccc(C)n1-c1n[nH]c(=S)s1. The minimum Gasteiger partial charge on any atom is -0.293 e. The molecule has 1 N–H and O–H groups in total. The van der Waals surface area contributed by atoms with E-state index in [1.807, 2.05) is 0 Å². The van der Waals surface area contributed by atoms with E-state index in [1.54, 1.807) is 0 Å². The first kappa shape index (κ1) is 8.65. The highest BCUT2D eigenvalue weighted by molar-refractivity contribution is 7.73. The fraction of sp³-hybridized carbons (Fsp3) is 0.250. The van der Waals surface area contributed by atoms with Crippen LogP contribution in [0.5, 0.6) is 0 Å². The highest BCUT2D eigenvalue weighted by Gasteiger charge is 2.06. The van der Waals surface area contributed by atoms with E-state index < -0.39 is 0 Å². The predicted molar refractivity (Wildman–Crippen MR) is 56.1 cm³/mol. The van der Waals surface area contributed by atoms with Gasteiger partial charge >= 0.3 is 0 Å². The third-order valence-corrected chi connectivity index (χ3v) is 2.96. The number of hydrogen-bond acceptors (Lipinski definition) is 3. The van der Waals surface area contributed by atoms with Gasteiger partial charge in [0, 0.05) is 11.4 Å². The molecule has 0 aliphatic heterocycles. The number of aromatic amines is 1. The lowest BCUT2D eigenvalue weighted by atomic mass is 10.5. The van der Waals surface area contributed by atoms with Crippen LogP contribution in [-0.4, -0.2) is 14.8 Å². The van der Waals surface area contributed by atoms with Gasteiger partial charge in [0.05, 0.1) is 0 Å². The highest BCUT2D eigenvalue weighted by Crippen LogP contribution is 2.17. The van der Waals surface area contributed by atoms with E-state index in [-0.39, 0.29) is 0 Å². The lowest BCUT2D eigenvalue weighted by Gasteiger charge is -2.02. The number of H-pyrrole nitrogens is 1. The number of nitrogens with zero attached hydrogens (tertiary/aromatic N) is 2. The Morgan fingerprint density at radius 2 is 2.00 bits per heavy atom. The van der Waals surface area contributed by atoms with Gasteiger partial charge in [0.2, 0.25) is 5.13 Å². The Hall–Kier alpha value is -0.940. The molecule has 0 saturated carbocycles. The van der Waals surface area contributed by atoms with Crippen molar-refractivity contribution in [3.05, 3.63) is 27.5 Å². The molecular weight excluding hydrogens is 202 g/mol. The van der Waals surface area contributed by atoms with Crippen LogP contribution in [0.3, 0.4) is 0 Å². The second-order valence-corrected chi connectivity index (χ2v) is 4.49. The molecule has 5 heteroatoms. The summed E-state index contributed by atoms with van der Waals surface area (Å²) >= 11 is 6.47. The van der Waals surface area contributed by atoms with Crippen LogP contribution in [0.1, 0.15) is 11.4 Å². The van der Waals surface area contributed by atoms with E-state index >= 15 is 0 Å². The Labute approximate surface area is 85.0 Å². The van der Waals surface area contributed by atoms with E-state index in [1.165, 1.54) is 22.7 Å². The van der Waals surface area contributed by atoms with E-state index in [4.69, 9.17) is 12.2 Å². The zero-order valence-electron chi connectivity index (χ0n) is 7.37. The first-order chi connectivity index (χ1) is 6.18. The third-order valence-electron chi connectivity index (χ3n) is 1.89. The van der Waals surface area contributed by atoms with Crippen molar-refractivity contribution in [1.29, 1.82) is 0 Å². The van der Waals surface area contributed by atoms with Crippen LogP contribution in [0, 0.1) is 17.8 Å². The lowest BCUT2D eigenvalue weighted by Crippen LogP contribution is -1.97. The molecule has 0 atom stereocenters. The van der Waals surface area contributed by atoms with Gasteiger partial charge in [0.25, 0.3) is 0 Å². The smallest absolute Gasteiger partial charge is 0.215 e. The third kappa shape index (κ3) is 1.45. The molecule has 2 heterocycles. The monoisotopic (exact) mass is 211 g/mol. The molecule has 0 radical (unpaired) electrons. The van der Waals surface area contributed by atoms with Gasteiger partial charge < -0.3 is 0 Å². The van der Waals surface area contributed by atoms with Gasteiger partial charge in [-0.3, -0.25) is 9.67 Å². The van der Waals surface area contributed by atoms with Crippen LogP contribution in [0.2, 0.25) is 0 Å². The first-order valence-electron chi connectivity index (χ1n) is 3.89. The molecule has 0 amide bonds. The van der Waals surface area contributed by atoms with Gasteiger partial charge in [-0.25, -0.2) is 0 Å². The maximum atomic E-state index is 4.98. The minimum atomic E-state index is 0.711. The van der Waals surface area contributed by atoms with Crippen LogP contribution in [0.4, 0.5) is 0 Å². The largest absolute Gasteiger partial charge is 0.293 e. The fourth-order valence-electron chi connectivity index (χ4n) is 1.29. The summed E-state index contributed by atoms with van der Waals surface area (Å²) in [6.45, 7) is 4.11. The summed E-state index contributed by atoms with van der Waals surface area (Å²) in [5.41, 5.74) is 2.35. The second-order valence-electron chi connectivity index (χ2n) is 2.85. The lowest BCUT2D eigenvalue weighted by molar-refractivity contribution is 0.910. The molecule has 2 aromatic rings. The van der Waals surface area contributed by atoms with E-state index in [2.05, 4.69) is 40.7 Å². The summed E-state index contributed by atoms with van der Waals surface area (Å²) in [7, 11) is 0. The van der Waals surface area contributed by atoms with Crippen LogP contribution >= 0.6 is 23.6 Å². The molecule has 0 unspecified atom stereocenters. The van der Waals surface area contributed by atoms with Crippen molar-refractivity contribution in [2.24, 2.45) is 0 Å². The van der Waals surface area contributed by atoms with E-state index in [9.17, 15) is 0 Å². The molecule has 0 fully saturated rings. The van der Waals surface area contributed by atoms with Gasteiger partial charge in [0.15, 0.2) is 3.95 Å². The van der Waals surface area contributed by atoms with Gasteiger partial charge in [-0.2, -0.15) is 0 Å². The number of aryl methyl sites for hydroxylation is 2. The van der Waals surface area contributed by atoms with E-state index in [0.29, 0.717) is 3.95 Å². The van der Waals surface area contributed by atoms with Crippen LogP contribution in [0.15, 0.2) is 12.1 Å². The number of nitrogens with one attached hydrogen (secondary N) is 1. The standard InChI is InChI=1S/C8H9N3S2/c1-5-3-4-6(2)11(5)7-9-10-8(12)13-7/h3-4H,1-2H3,(H,10,12). The molecule has 0 saturated heterocycles. The average molecular weight is 211 g/mol. The Balaban J connectivity index is 2.64. The summed E-state index contributed by atoms with van der Waals surface area (Å²) in [5.74, 6) is 0. The molecule has 3 nitrogen and oxygen atoms in total. The van der Waals surface area contributed by atoms with Gasteiger partial charge in [0.1, 0.15) is 0 Å². The van der Waals surface area contributed by atoms with Crippen molar-refractivity contribution in [3.63, 3.8) is 0 Å². The highest BCUT2D eigenvalue weighted by atomic mass is 32.1. The number of hydrogen-bond donors (Lipinski definition) is 1. The molecule has 2 aromatic heterocycles. The van der Waals surface area contributed by atoms with Crippen molar-refractivity contribution >= 4 is 23.6 Å². The molecule has 0 spiro atoms. The quantitative estimate of drug-likeness (QED) is 0.736. The molecule has 0 bridgehead atoms. The molecule has 13 heavy (non-hydrogen) atoms. The topological polar surface area (TPSA) is 33.6 Å². The average Bonchev–Trinajstić information content (AvgIpc) is 2.60. The molecule has 0 aliphatic rings. The normalized spacial score (nSPS) is 10.6. The summed E-state index contributed by atoms with van der Waals surface area (Å²) in [6.07, 6.45) is 0. The van der Waals surface area contributed by atoms with Crippen LogP contribution < -0.4 is 0 Å². The van der Waals surface area contributed by atoms with Crippen molar-refractivity contribution in [1.82, 2.24) is 14.8 Å². The van der Waals surface area contributed by atoms with Crippen molar-refractivity contribution in [3.8, 4) is 5.13 Å². The Kier molecular flexibility index (Phi) is 2.05. The number of aromatic nitrogens is 3. The predicted octanol–water partition coefficient (Wildman–Crippen LogP) is 2.61.